The molecule has 1 aromatic carbocycles. The number of isocyanates is 1. The van der Waals surface area contributed by atoms with Gasteiger partial charge in [-0.05, 0) is 18.2 Å². The maximum Gasteiger partial charge on any atom is 0.235 e. The topological polar surface area (TPSA) is 49.7 Å². The molecular weight excluding hydrogens is 228 g/mol. The summed E-state index contributed by atoms with van der Waals surface area (Å²) in [6.45, 7) is 0.411. The van der Waals surface area contributed by atoms with Crippen LogP contribution in [-0.2, 0) is 9.59 Å². The third kappa shape index (κ3) is 2.13. The van der Waals surface area contributed by atoms with E-state index in [2.05, 4.69) is 4.99 Å². The second-order valence-electron chi connectivity index (χ2n) is 3.56. The van der Waals surface area contributed by atoms with Gasteiger partial charge in [0.15, 0.2) is 0 Å². The van der Waals surface area contributed by atoms with Crippen molar-refractivity contribution in [2.24, 2.45) is 4.99 Å². The summed E-state index contributed by atoms with van der Waals surface area (Å²) in [4.78, 5) is 26.9. The number of halogens is 1. The van der Waals surface area contributed by atoms with E-state index in [0.717, 1.165) is 5.69 Å². The fraction of sp³-hybridized carbons (Fsp3) is 0.273. The van der Waals surface area contributed by atoms with Gasteiger partial charge in [0.25, 0.3) is 0 Å². The Bertz CT molecular complexity index is 469. The molecule has 1 saturated heterocycles. The molecular formula is C11H9ClN2O2. The summed E-state index contributed by atoms with van der Waals surface area (Å²) in [5, 5.41) is 0.577. The standard InChI is InChI=1S/C11H9ClN2O2/c12-8-2-1-3-10(4-8)14-6-9(13-7-15)5-11(14)16/h1-4,9H,5-6H2/t9-/m0/s1. The average molecular weight is 237 g/mol. The van der Waals surface area contributed by atoms with E-state index in [9.17, 15) is 9.59 Å². The van der Waals surface area contributed by atoms with Crippen molar-refractivity contribution in [1.82, 2.24) is 0 Å². The summed E-state index contributed by atoms with van der Waals surface area (Å²) in [5.41, 5.74) is 0.737. The van der Waals surface area contributed by atoms with E-state index in [1.54, 1.807) is 29.2 Å². The molecule has 0 aromatic heterocycles. The maximum absolute atomic E-state index is 11.7. The molecule has 4 nitrogen and oxygen atoms in total. The molecule has 0 N–H and O–H groups in total. The second kappa shape index (κ2) is 4.47. The number of carbonyl (C=O) groups excluding carboxylic acids is 2. The third-order valence-electron chi connectivity index (χ3n) is 2.46. The average Bonchev–Trinajstić information content (AvgIpc) is 2.60. The van der Waals surface area contributed by atoms with Crippen LogP contribution in [0.1, 0.15) is 6.42 Å². The van der Waals surface area contributed by atoms with Crippen LogP contribution >= 0.6 is 11.6 Å². The molecule has 1 heterocycles. The molecule has 0 aliphatic carbocycles. The van der Waals surface area contributed by atoms with Crippen LogP contribution in [0.4, 0.5) is 5.69 Å². The molecule has 1 atom stereocenters. The first kappa shape index (κ1) is 10.9. The Morgan fingerprint density at radius 3 is 3.00 bits per heavy atom. The van der Waals surface area contributed by atoms with Gasteiger partial charge >= 0.3 is 0 Å². The van der Waals surface area contributed by atoms with E-state index in [0.29, 0.717) is 11.6 Å². The van der Waals surface area contributed by atoms with Gasteiger partial charge in [-0.15, -0.1) is 0 Å². The molecule has 1 amide bonds. The molecule has 16 heavy (non-hydrogen) atoms. The zero-order valence-corrected chi connectivity index (χ0v) is 9.15. The van der Waals surface area contributed by atoms with Crippen LogP contribution in [0.3, 0.4) is 0 Å². The van der Waals surface area contributed by atoms with Crippen molar-refractivity contribution in [2.45, 2.75) is 12.5 Å². The predicted octanol–water partition coefficient (Wildman–Crippen LogP) is 1.78. The Kier molecular flexibility index (Phi) is 3.04. The Morgan fingerprint density at radius 2 is 2.31 bits per heavy atom. The van der Waals surface area contributed by atoms with Crippen molar-refractivity contribution < 1.29 is 9.59 Å². The minimum atomic E-state index is -0.288. The number of aliphatic imine (C=N–C) groups is 1. The molecule has 5 heteroatoms. The van der Waals surface area contributed by atoms with Crippen LogP contribution < -0.4 is 4.90 Å². The quantitative estimate of drug-likeness (QED) is 0.581. The highest BCUT2D eigenvalue weighted by atomic mass is 35.5. The molecule has 0 unspecified atom stereocenters. The van der Waals surface area contributed by atoms with Crippen molar-refractivity contribution in [1.29, 1.82) is 0 Å². The minimum Gasteiger partial charge on any atom is -0.310 e. The summed E-state index contributed by atoms with van der Waals surface area (Å²) < 4.78 is 0. The molecule has 1 fully saturated rings. The summed E-state index contributed by atoms with van der Waals surface area (Å²) >= 11 is 5.84. The Labute approximate surface area is 97.5 Å². The van der Waals surface area contributed by atoms with E-state index >= 15 is 0 Å². The van der Waals surface area contributed by atoms with E-state index in [4.69, 9.17) is 11.6 Å². The molecule has 0 bridgehead atoms. The van der Waals surface area contributed by atoms with Gasteiger partial charge in [-0.2, -0.15) is 0 Å². The molecule has 82 valence electrons. The molecule has 0 radical (unpaired) electrons. The first-order valence-corrected chi connectivity index (χ1v) is 5.21. The van der Waals surface area contributed by atoms with Crippen LogP contribution in [0.15, 0.2) is 29.3 Å². The molecule has 1 aliphatic heterocycles. The zero-order valence-electron chi connectivity index (χ0n) is 8.39. The van der Waals surface area contributed by atoms with Crippen molar-refractivity contribution in [3.63, 3.8) is 0 Å². The fourth-order valence-corrected chi connectivity index (χ4v) is 1.93. The van der Waals surface area contributed by atoms with Gasteiger partial charge in [-0.25, -0.2) is 9.79 Å². The van der Waals surface area contributed by atoms with Gasteiger partial charge < -0.3 is 4.90 Å². The highest BCUT2D eigenvalue weighted by Gasteiger charge is 2.30. The summed E-state index contributed by atoms with van der Waals surface area (Å²) in [6, 6.07) is 6.75. The molecule has 0 spiro atoms. The fourth-order valence-electron chi connectivity index (χ4n) is 1.74. The lowest BCUT2D eigenvalue weighted by Gasteiger charge is -2.15. The molecule has 1 aromatic rings. The van der Waals surface area contributed by atoms with E-state index in [1.165, 1.54) is 6.08 Å². The molecule has 2 rings (SSSR count). The number of benzene rings is 1. The molecule has 0 saturated carbocycles. The SMILES string of the molecule is O=C=N[C@H]1CC(=O)N(c2cccc(Cl)c2)C1. The van der Waals surface area contributed by atoms with Gasteiger partial charge in [-0.1, -0.05) is 17.7 Å². The van der Waals surface area contributed by atoms with Crippen LogP contribution in [-0.4, -0.2) is 24.6 Å². The number of hydrogen-bond acceptors (Lipinski definition) is 3. The van der Waals surface area contributed by atoms with Crippen LogP contribution in [0.2, 0.25) is 5.02 Å². The third-order valence-corrected chi connectivity index (χ3v) is 2.69. The van der Waals surface area contributed by atoms with Gasteiger partial charge in [0.1, 0.15) is 0 Å². The number of anilines is 1. The number of nitrogens with zero attached hydrogens (tertiary/aromatic N) is 2. The normalized spacial score (nSPS) is 19.7. The Balaban J connectivity index is 2.23. The van der Waals surface area contributed by atoms with Crippen molar-refractivity contribution in [2.75, 3.05) is 11.4 Å². The highest BCUT2D eigenvalue weighted by molar-refractivity contribution is 6.30. The lowest BCUT2D eigenvalue weighted by Crippen LogP contribution is -2.24. The number of amides is 1. The maximum atomic E-state index is 11.7. The Hall–Kier alpha value is -1.64. The minimum absolute atomic E-state index is 0.0498. The van der Waals surface area contributed by atoms with Gasteiger partial charge in [0.2, 0.25) is 12.0 Å². The smallest absolute Gasteiger partial charge is 0.235 e. The molecule has 1 aliphatic rings. The summed E-state index contributed by atoms with van der Waals surface area (Å²) in [6.07, 6.45) is 1.74. The monoisotopic (exact) mass is 236 g/mol. The second-order valence-corrected chi connectivity index (χ2v) is 4.00. The van der Waals surface area contributed by atoms with Crippen molar-refractivity contribution >= 4 is 29.3 Å². The van der Waals surface area contributed by atoms with Crippen LogP contribution in [0, 0.1) is 0 Å². The highest BCUT2D eigenvalue weighted by Crippen LogP contribution is 2.25. The van der Waals surface area contributed by atoms with E-state index in [1.807, 2.05) is 0 Å². The largest absolute Gasteiger partial charge is 0.310 e. The van der Waals surface area contributed by atoms with E-state index < -0.39 is 0 Å². The summed E-state index contributed by atoms with van der Waals surface area (Å²) in [5.74, 6) is -0.0498. The number of hydrogen-bond donors (Lipinski definition) is 0. The van der Waals surface area contributed by atoms with E-state index in [-0.39, 0.29) is 18.4 Å². The number of carbonyl (C=O) groups is 1. The van der Waals surface area contributed by atoms with Crippen LogP contribution in [0.5, 0.6) is 0 Å². The predicted molar refractivity (Wildman–Crippen MR) is 60.3 cm³/mol. The Morgan fingerprint density at radius 1 is 1.50 bits per heavy atom. The van der Waals surface area contributed by atoms with Crippen molar-refractivity contribution in [3.8, 4) is 0 Å². The first-order valence-electron chi connectivity index (χ1n) is 4.83. The lowest BCUT2D eigenvalue weighted by molar-refractivity contribution is -0.117. The van der Waals surface area contributed by atoms with Gasteiger partial charge in [-0.3, -0.25) is 4.79 Å². The van der Waals surface area contributed by atoms with Crippen LogP contribution in [0.25, 0.3) is 0 Å². The van der Waals surface area contributed by atoms with Gasteiger partial charge in [0.05, 0.1) is 12.5 Å². The zero-order chi connectivity index (χ0) is 11.5. The lowest BCUT2D eigenvalue weighted by atomic mass is 10.3. The summed E-state index contributed by atoms with van der Waals surface area (Å²) in [7, 11) is 0. The van der Waals surface area contributed by atoms with Crippen molar-refractivity contribution in [3.05, 3.63) is 29.3 Å². The first-order chi connectivity index (χ1) is 7.70. The number of rotatable bonds is 2. The van der Waals surface area contributed by atoms with Gasteiger partial charge in [0, 0.05) is 17.3 Å².